The number of nitrogens with zero attached hydrogens (tertiary/aromatic N) is 1. The molecule has 0 saturated carbocycles. The summed E-state index contributed by atoms with van der Waals surface area (Å²) in [7, 11) is 0. The van der Waals surface area contributed by atoms with E-state index in [0.29, 0.717) is 18.0 Å². The largest absolute Gasteiger partial charge is 0.350 e. The van der Waals surface area contributed by atoms with Gasteiger partial charge in [0.1, 0.15) is 0 Å². The predicted molar refractivity (Wildman–Crippen MR) is 98.5 cm³/mol. The van der Waals surface area contributed by atoms with E-state index in [1.807, 2.05) is 12.1 Å². The molecule has 1 aromatic heterocycles. The second kappa shape index (κ2) is 10.2. The Morgan fingerprint density at radius 3 is 2.09 bits per heavy atom. The molecule has 0 saturated heterocycles. The van der Waals surface area contributed by atoms with Crippen LogP contribution in [0.4, 0.5) is 0 Å². The Balaban J connectivity index is 0.00000242. The van der Waals surface area contributed by atoms with Crippen LogP contribution in [0.15, 0.2) is 48.8 Å². The lowest BCUT2D eigenvalue weighted by atomic mass is 9.99. The van der Waals surface area contributed by atoms with Gasteiger partial charge in [0.05, 0.1) is 0 Å². The summed E-state index contributed by atoms with van der Waals surface area (Å²) in [5.74, 6) is 0.369. The van der Waals surface area contributed by atoms with E-state index in [0.717, 1.165) is 5.56 Å². The predicted octanol–water partition coefficient (Wildman–Crippen LogP) is 3.48. The van der Waals surface area contributed by atoms with Crippen molar-refractivity contribution in [1.29, 1.82) is 0 Å². The third-order valence-corrected chi connectivity index (χ3v) is 3.46. The number of aromatic nitrogens is 1. The first kappa shape index (κ1) is 21.4. The van der Waals surface area contributed by atoms with Crippen molar-refractivity contribution >= 4 is 30.7 Å². The lowest BCUT2D eigenvalue weighted by molar-refractivity contribution is 0.0951. The zero-order valence-corrected chi connectivity index (χ0v) is 14.9. The first-order valence-electron chi connectivity index (χ1n) is 7.11. The van der Waals surface area contributed by atoms with Gasteiger partial charge in [0.15, 0.2) is 0 Å². The fourth-order valence-electron chi connectivity index (χ4n) is 2.05. The van der Waals surface area contributed by atoms with Crippen molar-refractivity contribution in [2.45, 2.75) is 25.8 Å². The third-order valence-electron chi connectivity index (χ3n) is 3.46. The summed E-state index contributed by atoms with van der Waals surface area (Å²) >= 11 is 0. The fourth-order valence-corrected chi connectivity index (χ4v) is 2.05. The van der Waals surface area contributed by atoms with Gasteiger partial charge in [-0.2, -0.15) is 0 Å². The van der Waals surface area contributed by atoms with Crippen LogP contribution in [0.2, 0.25) is 0 Å². The van der Waals surface area contributed by atoms with Crippen LogP contribution in [0.25, 0.3) is 0 Å². The van der Waals surface area contributed by atoms with Crippen LogP contribution in [0.1, 0.15) is 47.3 Å². The Morgan fingerprint density at radius 2 is 1.57 bits per heavy atom. The molecule has 1 heterocycles. The van der Waals surface area contributed by atoms with Crippen molar-refractivity contribution in [2.24, 2.45) is 5.73 Å². The maximum atomic E-state index is 11.9. The number of benzene rings is 1. The van der Waals surface area contributed by atoms with Crippen molar-refractivity contribution < 1.29 is 4.79 Å². The molecular weight excluding hydrogens is 333 g/mol. The number of pyridine rings is 1. The SMILES string of the molecule is CC(C)c1ccc(C(N)CNC(=O)c2ccncc2)cc1.Cl.Cl. The number of carbonyl (C=O) groups is 1. The van der Waals surface area contributed by atoms with Gasteiger partial charge in [0.25, 0.3) is 5.91 Å². The number of amides is 1. The number of nitrogens with one attached hydrogen (secondary N) is 1. The van der Waals surface area contributed by atoms with E-state index in [1.165, 1.54) is 5.56 Å². The quantitative estimate of drug-likeness (QED) is 0.862. The van der Waals surface area contributed by atoms with Gasteiger partial charge in [0.2, 0.25) is 0 Å². The Bertz CT molecular complexity index is 589. The van der Waals surface area contributed by atoms with Crippen molar-refractivity contribution in [1.82, 2.24) is 10.3 Å². The van der Waals surface area contributed by atoms with Gasteiger partial charge in [-0.25, -0.2) is 0 Å². The van der Waals surface area contributed by atoms with Gasteiger partial charge in [-0.05, 0) is 29.2 Å². The molecule has 0 aliphatic carbocycles. The summed E-state index contributed by atoms with van der Waals surface area (Å²) < 4.78 is 0. The summed E-state index contributed by atoms with van der Waals surface area (Å²) in [4.78, 5) is 15.8. The molecule has 1 aromatic carbocycles. The average molecular weight is 356 g/mol. The number of nitrogens with two attached hydrogens (primary N) is 1. The zero-order chi connectivity index (χ0) is 15.2. The summed E-state index contributed by atoms with van der Waals surface area (Å²) in [5.41, 5.74) is 9.02. The second-order valence-electron chi connectivity index (χ2n) is 5.37. The maximum absolute atomic E-state index is 11.9. The van der Waals surface area contributed by atoms with Crippen molar-refractivity contribution in [3.8, 4) is 0 Å². The normalized spacial score (nSPS) is 11.1. The Morgan fingerprint density at radius 1 is 1.04 bits per heavy atom. The Kier molecular flexibility index (Phi) is 9.49. The minimum atomic E-state index is -0.211. The van der Waals surface area contributed by atoms with E-state index >= 15 is 0 Å². The minimum Gasteiger partial charge on any atom is -0.350 e. The molecule has 6 heteroatoms. The highest BCUT2D eigenvalue weighted by atomic mass is 35.5. The summed E-state index contributed by atoms with van der Waals surface area (Å²) in [6, 6.07) is 11.4. The van der Waals surface area contributed by atoms with Crippen LogP contribution in [0.3, 0.4) is 0 Å². The van der Waals surface area contributed by atoms with E-state index in [1.54, 1.807) is 24.5 Å². The van der Waals surface area contributed by atoms with Gasteiger partial charge in [-0.3, -0.25) is 9.78 Å². The molecule has 1 unspecified atom stereocenters. The fraction of sp³-hybridized carbons (Fsp3) is 0.294. The Labute approximate surface area is 149 Å². The average Bonchev–Trinajstić information content (AvgIpc) is 2.53. The van der Waals surface area contributed by atoms with Crippen LogP contribution in [0.5, 0.6) is 0 Å². The van der Waals surface area contributed by atoms with Gasteiger partial charge in [-0.1, -0.05) is 38.1 Å². The van der Waals surface area contributed by atoms with E-state index < -0.39 is 0 Å². The van der Waals surface area contributed by atoms with E-state index in [-0.39, 0.29) is 36.8 Å². The van der Waals surface area contributed by atoms with Crippen molar-refractivity contribution in [3.63, 3.8) is 0 Å². The molecule has 0 bridgehead atoms. The lowest BCUT2D eigenvalue weighted by Crippen LogP contribution is -2.31. The number of halogens is 2. The standard InChI is InChI=1S/C17H21N3O.2ClH/c1-12(2)13-3-5-14(6-4-13)16(18)11-20-17(21)15-7-9-19-10-8-15;;/h3-10,12,16H,11,18H2,1-2H3,(H,20,21);2*1H. The molecule has 3 N–H and O–H groups in total. The molecule has 1 amide bonds. The molecule has 23 heavy (non-hydrogen) atoms. The third kappa shape index (κ3) is 6.18. The highest BCUT2D eigenvalue weighted by Gasteiger charge is 2.10. The first-order chi connectivity index (χ1) is 10.1. The maximum Gasteiger partial charge on any atom is 0.251 e. The highest BCUT2D eigenvalue weighted by Crippen LogP contribution is 2.17. The van der Waals surface area contributed by atoms with Crippen LogP contribution in [-0.4, -0.2) is 17.4 Å². The minimum absolute atomic E-state index is 0. The molecule has 0 aliphatic heterocycles. The van der Waals surface area contributed by atoms with Crippen LogP contribution in [-0.2, 0) is 0 Å². The molecule has 0 spiro atoms. The Hall–Kier alpha value is -1.62. The molecule has 0 aliphatic rings. The molecule has 126 valence electrons. The first-order valence-corrected chi connectivity index (χ1v) is 7.11. The van der Waals surface area contributed by atoms with E-state index in [4.69, 9.17) is 5.73 Å². The molecular formula is C17H23Cl2N3O. The van der Waals surface area contributed by atoms with E-state index in [9.17, 15) is 4.79 Å². The lowest BCUT2D eigenvalue weighted by Gasteiger charge is -2.14. The monoisotopic (exact) mass is 355 g/mol. The van der Waals surface area contributed by atoms with Crippen LogP contribution in [0, 0.1) is 0 Å². The topological polar surface area (TPSA) is 68.0 Å². The number of hydrogen-bond donors (Lipinski definition) is 2. The van der Waals surface area contributed by atoms with Crippen LogP contribution >= 0.6 is 24.8 Å². The van der Waals surface area contributed by atoms with E-state index in [2.05, 4.69) is 36.3 Å². The molecule has 0 radical (unpaired) electrons. The second-order valence-corrected chi connectivity index (χ2v) is 5.37. The zero-order valence-electron chi connectivity index (χ0n) is 13.2. The molecule has 1 atom stereocenters. The van der Waals surface area contributed by atoms with Crippen LogP contribution < -0.4 is 11.1 Å². The molecule has 0 fully saturated rings. The van der Waals surface area contributed by atoms with Gasteiger partial charge < -0.3 is 11.1 Å². The van der Waals surface area contributed by atoms with Gasteiger partial charge in [-0.15, -0.1) is 24.8 Å². The number of hydrogen-bond acceptors (Lipinski definition) is 3. The number of rotatable bonds is 5. The smallest absolute Gasteiger partial charge is 0.251 e. The summed E-state index contributed by atoms with van der Waals surface area (Å²) in [5, 5.41) is 2.84. The number of carbonyl (C=O) groups excluding carboxylic acids is 1. The van der Waals surface area contributed by atoms with Gasteiger partial charge >= 0.3 is 0 Å². The summed E-state index contributed by atoms with van der Waals surface area (Å²) in [6.07, 6.45) is 3.19. The summed E-state index contributed by atoms with van der Waals surface area (Å²) in [6.45, 7) is 4.72. The molecule has 4 nitrogen and oxygen atoms in total. The van der Waals surface area contributed by atoms with Crippen molar-refractivity contribution in [2.75, 3.05) is 6.54 Å². The van der Waals surface area contributed by atoms with Gasteiger partial charge in [0, 0.05) is 30.5 Å². The molecule has 2 aromatic rings. The molecule has 2 rings (SSSR count). The highest BCUT2D eigenvalue weighted by molar-refractivity contribution is 5.93. The van der Waals surface area contributed by atoms with Crippen molar-refractivity contribution in [3.05, 3.63) is 65.5 Å².